The average Bonchev–Trinajstić information content (AvgIpc) is 2.39. The van der Waals surface area contributed by atoms with Crippen LogP contribution in [-0.2, 0) is 9.53 Å². The Morgan fingerprint density at radius 2 is 2.00 bits per heavy atom. The number of amides is 1. The van der Waals surface area contributed by atoms with Crippen LogP contribution in [0.25, 0.3) is 0 Å². The molecule has 3 atom stereocenters. The van der Waals surface area contributed by atoms with E-state index in [0.717, 1.165) is 24.7 Å². The first-order valence-corrected chi connectivity index (χ1v) is 7.94. The number of carbonyl (C=O) groups excluding carboxylic acids is 1. The molecule has 0 aromatic rings. The van der Waals surface area contributed by atoms with Crippen molar-refractivity contribution in [1.29, 1.82) is 0 Å². The third-order valence-corrected chi connectivity index (χ3v) is 4.54. The van der Waals surface area contributed by atoms with Gasteiger partial charge in [-0.25, -0.2) is 0 Å². The maximum absolute atomic E-state index is 11.9. The summed E-state index contributed by atoms with van der Waals surface area (Å²) in [5, 5.41) is 0. The van der Waals surface area contributed by atoms with Crippen LogP contribution >= 0.6 is 12.2 Å². The maximum atomic E-state index is 11.9. The van der Waals surface area contributed by atoms with E-state index in [2.05, 4.69) is 13.8 Å². The maximum Gasteiger partial charge on any atom is 0.224 e. The van der Waals surface area contributed by atoms with Crippen LogP contribution in [0.5, 0.6) is 0 Å². The summed E-state index contributed by atoms with van der Waals surface area (Å²) in [5.74, 6) is 1.61. The Morgan fingerprint density at radius 1 is 1.30 bits per heavy atom. The minimum Gasteiger partial charge on any atom is -0.393 e. The van der Waals surface area contributed by atoms with E-state index in [4.69, 9.17) is 22.7 Å². The molecule has 1 fully saturated rings. The van der Waals surface area contributed by atoms with E-state index in [1.165, 1.54) is 6.42 Å². The van der Waals surface area contributed by atoms with Gasteiger partial charge in [0, 0.05) is 20.0 Å². The van der Waals surface area contributed by atoms with Crippen LogP contribution in [0, 0.1) is 11.8 Å². The topological polar surface area (TPSA) is 55.6 Å². The summed E-state index contributed by atoms with van der Waals surface area (Å²) in [6.07, 6.45) is 4.82. The minimum absolute atomic E-state index is 0.0958. The standard InChI is InChI=1S/C15H28N2O2S/c1-11-4-5-13(10-12(11)2)19-9-7-15(18)17(3)8-6-14(16)20/h11-13H,4-10H2,1-3H3,(H2,16,20). The van der Waals surface area contributed by atoms with E-state index >= 15 is 0 Å². The summed E-state index contributed by atoms with van der Waals surface area (Å²) in [4.78, 5) is 14.0. The number of hydrogen-bond donors (Lipinski definition) is 1. The first-order valence-electron chi connectivity index (χ1n) is 7.54. The molecule has 2 N–H and O–H groups in total. The van der Waals surface area contributed by atoms with Gasteiger partial charge < -0.3 is 15.4 Å². The lowest BCUT2D eigenvalue weighted by Crippen LogP contribution is -2.32. The van der Waals surface area contributed by atoms with Crippen molar-refractivity contribution in [2.75, 3.05) is 20.2 Å². The van der Waals surface area contributed by atoms with Crippen LogP contribution in [0.4, 0.5) is 0 Å². The fraction of sp³-hybridized carbons (Fsp3) is 0.867. The molecule has 0 radical (unpaired) electrons. The molecule has 116 valence electrons. The van der Waals surface area contributed by atoms with Crippen molar-refractivity contribution in [3.05, 3.63) is 0 Å². The Morgan fingerprint density at radius 3 is 2.60 bits per heavy atom. The molecule has 0 bridgehead atoms. The lowest BCUT2D eigenvalue weighted by molar-refractivity contribution is -0.131. The highest BCUT2D eigenvalue weighted by atomic mass is 32.1. The zero-order valence-electron chi connectivity index (χ0n) is 12.9. The molecule has 1 aliphatic carbocycles. The number of nitrogens with zero attached hydrogens (tertiary/aromatic N) is 1. The number of rotatable bonds is 7. The van der Waals surface area contributed by atoms with Gasteiger partial charge in [-0.1, -0.05) is 26.1 Å². The predicted molar refractivity (Wildman–Crippen MR) is 85.6 cm³/mol. The molecule has 1 rings (SSSR count). The van der Waals surface area contributed by atoms with Crippen molar-refractivity contribution < 1.29 is 9.53 Å². The van der Waals surface area contributed by atoms with Gasteiger partial charge >= 0.3 is 0 Å². The van der Waals surface area contributed by atoms with Crippen LogP contribution in [0.2, 0.25) is 0 Å². The minimum atomic E-state index is 0.0958. The van der Waals surface area contributed by atoms with Gasteiger partial charge in [0.15, 0.2) is 0 Å². The molecule has 3 unspecified atom stereocenters. The van der Waals surface area contributed by atoms with Crippen LogP contribution in [0.3, 0.4) is 0 Å². The van der Waals surface area contributed by atoms with Crippen molar-refractivity contribution in [3.63, 3.8) is 0 Å². The fourth-order valence-electron chi connectivity index (χ4n) is 2.56. The van der Waals surface area contributed by atoms with Gasteiger partial charge in [-0.15, -0.1) is 0 Å². The highest BCUT2D eigenvalue weighted by Gasteiger charge is 2.25. The molecule has 4 nitrogen and oxygen atoms in total. The molecular weight excluding hydrogens is 272 g/mol. The van der Waals surface area contributed by atoms with Crippen molar-refractivity contribution >= 4 is 23.1 Å². The van der Waals surface area contributed by atoms with E-state index in [1.54, 1.807) is 11.9 Å². The van der Waals surface area contributed by atoms with Gasteiger partial charge in [-0.2, -0.15) is 0 Å². The van der Waals surface area contributed by atoms with Gasteiger partial charge in [-0.05, 0) is 31.1 Å². The first-order chi connectivity index (χ1) is 9.40. The van der Waals surface area contributed by atoms with E-state index < -0.39 is 0 Å². The molecule has 0 saturated heterocycles. The Labute approximate surface area is 128 Å². The zero-order chi connectivity index (χ0) is 15.1. The Kier molecular flexibility index (Phi) is 7.45. The summed E-state index contributed by atoms with van der Waals surface area (Å²) in [7, 11) is 1.78. The molecule has 1 saturated carbocycles. The second-order valence-electron chi connectivity index (χ2n) is 6.04. The molecule has 20 heavy (non-hydrogen) atoms. The smallest absolute Gasteiger partial charge is 0.224 e. The average molecular weight is 300 g/mol. The van der Waals surface area contributed by atoms with Gasteiger partial charge in [0.2, 0.25) is 5.91 Å². The number of nitrogens with two attached hydrogens (primary N) is 1. The number of thiocarbonyl (C=S) groups is 1. The zero-order valence-corrected chi connectivity index (χ0v) is 13.7. The SMILES string of the molecule is CC1CCC(OCCC(=O)N(C)CCC(N)=S)CC1C. The van der Waals surface area contributed by atoms with Crippen molar-refractivity contribution in [2.45, 2.75) is 52.1 Å². The predicted octanol–water partition coefficient (Wildman–Crippen LogP) is 2.35. The largest absolute Gasteiger partial charge is 0.393 e. The number of hydrogen-bond acceptors (Lipinski definition) is 3. The van der Waals surface area contributed by atoms with Crippen LogP contribution in [0.15, 0.2) is 0 Å². The lowest BCUT2D eigenvalue weighted by atomic mass is 9.80. The summed E-state index contributed by atoms with van der Waals surface area (Å²) in [6, 6.07) is 0. The molecule has 0 heterocycles. The van der Waals surface area contributed by atoms with E-state index in [-0.39, 0.29) is 5.91 Å². The second-order valence-corrected chi connectivity index (χ2v) is 6.57. The third kappa shape index (κ3) is 6.18. The lowest BCUT2D eigenvalue weighted by Gasteiger charge is -2.32. The van der Waals surface area contributed by atoms with Gasteiger partial charge in [0.1, 0.15) is 0 Å². The number of ether oxygens (including phenoxy) is 1. The van der Waals surface area contributed by atoms with Gasteiger partial charge in [0.25, 0.3) is 0 Å². The molecule has 0 aromatic carbocycles. The Hall–Kier alpha value is -0.680. The fourth-order valence-corrected chi connectivity index (χ4v) is 2.65. The quantitative estimate of drug-likeness (QED) is 0.733. The summed E-state index contributed by atoms with van der Waals surface area (Å²) < 4.78 is 5.85. The normalized spacial score (nSPS) is 26.2. The summed E-state index contributed by atoms with van der Waals surface area (Å²) >= 11 is 4.81. The van der Waals surface area contributed by atoms with Crippen molar-refractivity contribution in [2.24, 2.45) is 17.6 Å². The van der Waals surface area contributed by atoms with Crippen molar-refractivity contribution in [1.82, 2.24) is 4.90 Å². The van der Waals surface area contributed by atoms with Crippen LogP contribution < -0.4 is 5.73 Å². The van der Waals surface area contributed by atoms with E-state index in [9.17, 15) is 4.79 Å². The first kappa shape index (κ1) is 17.4. The monoisotopic (exact) mass is 300 g/mol. The molecule has 1 amide bonds. The highest BCUT2D eigenvalue weighted by Crippen LogP contribution is 2.30. The van der Waals surface area contributed by atoms with Crippen LogP contribution in [0.1, 0.15) is 46.0 Å². The summed E-state index contributed by atoms with van der Waals surface area (Å²) in [5.41, 5.74) is 5.43. The molecule has 0 spiro atoms. The van der Waals surface area contributed by atoms with E-state index in [0.29, 0.717) is 37.1 Å². The molecule has 5 heteroatoms. The number of carbonyl (C=O) groups is 1. The summed E-state index contributed by atoms with van der Waals surface area (Å²) in [6.45, 7) is 5.70. The highest BCUT2D eigenvalue weighted by molar-refractivity contribution is 7.80. The second kappa shape index (κ2) is 8.57. The third-order valence-electron chi connectivity index (χ3n) is 4.34. The van der Waals surface area contributed by atoms with Crippen LogP contribution in [-0.4, -0.2) is 42.1 Å². The van der Waals surface area contributed by atoms with Crippen molar-refractivity contribution in [3.8, 4) is 0 Å². The Balaban J connectivity index is 2.17. The molecule has 0 aliphatic heterocycles. The molecule has 0 aromatic heterocycles. The molecular formula is C15H28N2O2S. The molecule has 1 aliphatic rings. The van der Waals surface area contributed by atoms with E-state index in [1.807, 2.05) is 0 Å². The van der Waals surface area contributed by atoms with Gasteiger partial charge in [0.05, 0.1) is 24.1 Å². The van der Waals surface area contributed by atoms with Gasteiger partial charge in [-0.3, -0.25) is 4.79 Å². The Bertz CT molecular complexity index is 336.